The molecule has 7 heteroatoms. The van der Waals surface area contributed by atoms with Crippen LogP contribution in [0, 0.1) is 18.7 Å². The number of nitrogens with one attached hydrogen (secondary N) is 2. The summed E-state index contributed by atoms with van der Waals surface area (Å²) < 4.78 is 18.5. The van der Waals surface area contributed by atoms with Gasteiger partial charge in [0.05, 0.1) is 0 Å². The molecule has 0 saturated heterocycles. The van der Waals surface area contributed by atoms with E-state index in [4.69, 9.17) is 9.94 Å². The minimum absolute atomic E-state index is 0.287. The number of ether oxygens (including phenoxy) is 1. The Balaban J connectivity index is 2.44. The van der Waals surface area contributed by atoms with Crippen LogP contribution in [0.1, 0.15) is 51.2 Å². The van der Waals surface area contributed by atoms with E-state index in [9.17, 15) is 14.0 Å². The van der Waals surface area contributed by atoms with Crippen LogP contribution in [0.15, 0.2) is 18.2 Å². The summed E-state index contributed by atoms with van der Waals surface area (Å²) in [5, 5.41) is 11.6. The summed E-state index contributed by atoms with van der Waals surface area (Å²) in [4.78, 5) is 23.4. The van der Waals surface area contributed by atoms with Gasteiger partial charge in [-0.1, -0.05) is 18.6 Å². The van der Waals surface area contributed by atoms with Gasteiger partial charge in [0.15, 0.2) is 0 Å². The molecule has 0 unspecified atom stereocenters. The number of halogens is 1. The van der Waals surface area contributed by atoms with Crippen molar-refractivity contribution in [2.45, 2.75) is 59.0 Å². The first kappa shape index (κ1) is 21.9. The number of hydroxylamine groups is 1. The molecule has 26 heavy (non-hydrogen) atoms. The number of alkyl carbamates (subject to hydrolysis) is 1. The van der Waals surface area contributed by atoms with Crippen molar-refractivity contribution in [2.75, 3.05) is 6.54 Å². The van der Waals surface area contributed by atoms with E-state index in [1.165, 1.54) is 6.07 Å². The average Bonchev–Trinajstić information content (AvgIpc) is 2.54. The number of hydrogen-bond acceptors (Lipinski definition) is 4. The summed E-state index contributed by atoms with van der Waals surface area (Å²) >= 11 is 0. The minimum atomic E-state index is -0.540. The van der Waals surface area contributed by atoms with Gasteiger partial charge in [-0.25, -0.2) is 14.7 Å². The van der Waals surface area contributed by atoms with Crippen LogP contribution in [-0.4, -0.2) is 29.4 Å². The van der Waals surface area contributed by atoms with Gasteiger partial charge in [-0.05, 0) is 64.2 Å². The summed E-state index contributed by atoms with van der Waals surface area (Å²) in [7, 11) is 0. The number of carbonyl (C=O) groups is 2. The Labute approximate surface area is 154 Å². The molecule has 6 nitrogen and oxygen atoms in total. The van der Waals surface area contributed by atoms with E-state index < -0.39 is 23.5 Å². The van der Waals surface area contributed by atoms with E-state index in [1.54, 1.807) is 45.3 Å². The Kier molecular flexibility index (Phi) is 8.51. The van der Waals surface area contributed by atoms with E-state index >= 15 is 0 Å². The molecule has 0 saturated carbocycles. The van der Waals surface area contributed by atoms with Crippen molar-refractivity contribution >= 4 is 12.0 Å². The third kappa shape index (κ3) is 8.29. The van der Waals surface area contributed by atoms with Gasteiger partial charge in [-0.3, -0.25) is 10.0 Å². The fourth-order valence-electron chi connectivity index (χ4n) is 2.56. The number of amides is 2. The van der Waals surface area contributed by atoms with Crippen LogP contribution in [0.5, 0.6) is 0 Å². The van der Waals surface area contributed by atoms with Crippen molar-refractivity contribution in [2.24, 2.45) is 5.92 Å². The van der Waals surface area contributed by atoms with Crippen LogP contribution < -0.4 is 10.8 Å². The SMILES string of the molecule is Cc1cc(C[C@H](CCCCNC(=O)OC(C)(C)C)C(=O)NO)ccc1F. The van der Waals surface area contributed by atoms with Gasteiger partial charge < -0.3 is 10.1 Å². The monoisotopic (exact) mass is 368 g/mol. The maximum atomic E-state index is 13.4. The number of carbonyl (C=O) groups excluding carboxylic acids is 2. The summed E-state index contributed by atoms with van der Waals surface area (Å²) in [6.45, 7) is 7.49. The number of benzene rings is 1. The number of aryl methyl sites for hydroxylation is 1. The predicted molar refractivity (Wildman–Crippen MR) is 96.3 cm³/mol. The molecule has 0 radical (unpaired) electrons. The van der Waals surface area contributed by atoms with E-state index in [0.29, 0.717) is 37.8 Å². The molecule has 1 aromatic rings. The van der Waals surface area contributed by atoms with Crippen LogP contribution in [0.3, 0.4) is 0 Å². The number of hydrogen-bond donors (Lipinski definition) is 3. The summed E-state index contributed by atoms with van der Waals surface area (Å²) in [6, 6.07) is 4.73. The lowest BCUT2D eigenvalue weighted by Crippen LogP contribution is -2.33. The maximum Gasteiger partial charge on any atom is 0.407 e. The second-order valence-electron chi connectivity index (χ2n) is 7.39. The summed E-state index contributed by atoms with van der Waals surface area (Å²) in [6.07, 6.45) is 1.85. The molecule has 0 fully saturated rings. The zero-order chi connectivity index (χ0) is 19.7. The number of rotatable bonds is 8. The summed E-state index contributed by atoms with van der Waals surface area (Å²) in [5.74, 6) is -1.18. The minimum Gasteiger partial charge on any atom is -0.444 e. The Morgan fingerprint density at radius 2 is 1.96 bits per heavy atom. The predicted octanol–water partition coefficient (Wildman–Crippen LogP) is 3.49. The standard InChI is InChI=1S/C19H29FN2O4/c1-13-11-14(8-9-16(13)20)12-15(17(23)22-25)7-5-6-10-21-18(24)26-19(2,3)4/h8-9,11,15,25H,5-7,10,12H2,1-4H3,(H,21,24)(H,22,23)/t15-/m0/s1. The molecular weight excluding hydrogens is 339 g/mol. The van der Waals surface area contributed by atoms with E-state index in [0.717, 1.165) is 5.56 Å². The molecule has 0 bridgehead atoms. The molecule has 0 aliphatic carbocycles. The molecule has 1 rings (SSSR count). The first-order valence-electron chi connectivity index (χ1n) is 8.78. The zero-order valence-electron chi connectivity index (χ0n) is 15.9. The molecule has 146 valence electrons. The molecule has 0 aliphatic rings. The highest BCUT2D eigenvalue weighted by Crippen LogP contribution is 2.18. The van der Waals surface area contributed by atoms with Gasteiger partial charge in [0.25, 0.3) is 0 Å². The highest BCUT2D eigenvalue weighted by atomic mass is 19.1. The molecular formula is C19H29FN2O4. The number of unbranched alkanes of at least 4 members (excludes halogenated alkanes) is 1. The van der Waals surface area contributed by atoms with Crippen molar-refractivity contribution in [3.63, 3.8) is 0 Å². The van der Waals surface area contributed by atoms with Gasteiger partial charge >= 0.3 is 6.09 Å². The molecule has 0 spiro atoms. The lowest BCUT2D eigenvalue weighted by molar-refractivity contribution is -0.133. The Hall–Kier alpha value is -2.15. The van der Waals surface area contributed by atoms with Gasteiger partial charge in [0.1, 0.15) is 11.4 Å². The van der Waals surface area contributed by atoms with Crippen molar-refractivity contribution in [1.29, 1.82) is 0 Å². The van der Waals surface area contributed by atoms with Crippen LogP contribution in [0.4, 0.5) is 9.18 Å². The lowest BCUT2D eigenvalue weighted by atomic mass is 9.92. The van der Waals surface area contributed by atoms with E-state index in [-0.39, 0.29) is 5.82 Å². The van der Waals surface area contributed by atoms with Crippen LogP contribution in [0.25, 0.3) is 0 Å². The first-order valence-corrected chi connectivity index (χ1v) is 8.78. The second kappa shape index (κ2) is 10.1. The normalized spacial score (nSPS) is 12.4. The van der Waals surface area contributed by atoms with Crippen molar-refractivity contribution in [3.8, 4) is 0 Å². The van der Waals surface area contributed by atoms with Crippen molar-refractivity contribution in [1.82, 2.24) is 10.8 Å². The molecule has 0 aliphatic heterocycles. The van der Waals surface area contributed by atoms with Gasteiger partial charge in [0.2, 0.25) is 5.91 Å². The highest BCUT2D eigenvalue weighted by molar-refractivity contribution is 5.77. The largest absolute Gasteiger partial charge is 0.444 e. The van der Waals surface area contributed by atoms with Gasteiger partial charge in [-0.15, -0.1) is 0 Å². The van der Waals surface area contributed by atoms with Crippen LogP contribution in [0.2, 0.25) is 0 Å². The van der Waals surface area contributed by atoms with E-state index in [1.807, 2.05) is 0 Å². The molecule has 1 atom stereocenters. The molecule has 0 heterocycles. The molecule has 2 amide bonds. The van der Waals surface area contributed by atoms with Gasteiger partial charge in [-0.2, -0.15) is 0 Å². The Bertz CT molecular complexity index is 614. The zero-order valence-corrected chi connectivity index (χ0v) is 15.9. The van der Waals surface area contributed by atoms with Gasteiger partial charge in [0, 0.05) is 12.5 Å². The quantitative estimate of drug-likeness (QED) is 0.372. The molecule has 0 aromatic heterocycles. The fraction of sp³-hybridized carbons (Fsp3) is 0.579. The van der Waals surface area contributed by atoms with Crippen molar-refractivity contribution in [3.05, 3.63) is 35.1 Å². The lowest BCUT2D eigenvalue weighted by Gasteiger charge is -2.19. The smallest absolute Gasteiger partial charge is 0.407 e. The summed E-state index contributed by atoms with van der Waals surface area (Å²) in [5.41, 5.74) is 2.51. The Morgan fingerprint density at radius 3 is 2.54 bits per heavy atom. The first-order chi connectivity index (χ1) is 12.1. The topological polar surface area (TPSA) is 87.7 Å². The average molecular weight is 368 g/mol. The Morgan fingerprint density at radius 1 is 1.27 bits per heavy atom. The van der Waals surface area contributed by atoms with Crippen molar-refractivity contribution < 1.29 is 23.9 Å². The van der Waals surface area contributed by atoms with E-state index in [2.05, 4.69) is 5.32 Å². The fourth-order valence-corrected chi connectivity index (χ4v) is 2.56. The highest BCUT2D eigenvalue weighted by Gasteiger charge is 2.19. The van der Waals surface area contributed by atoms with Crippen LogP contribution in [-0.2, 0) is 16.0 Å². The second-order valence-corrected chi connectivity index (χ2v) is 7.39. The third-order valence-corrected chi connectivity index (χ3v) is 3.83. The third-order valence-electron chi connectivity index (χ3n) is 3.83. The van der Waals surface area contributed by atoms with Crippen LogP contribution >= 0.6 is 0 Å². The molecule has 1 aromatic carbocycles. The molecule has 3 N–H and O–H groups in total. The maximum absolute atomic E-state index is 13.4.